The Labute approximate surface area is 75.3 Å². The molecule has 4 heteroatoms. The van der Waals surface area contributed by atoms with Crippen LogP contribution in [0.15, 0.2) is 0 Å². The van der Waals surface area contributed by atoms with Crippen LogP contribution in [0.1, 0.15) is 19.8 Å². The Morgan fingerprint density at radius 1 is 1.50 bits per heavy atom. The Kier molecular flexibility index (Phi) is 2.15. The molecule has 0 saturated heterocycles. The summed E-state index contributed by atoms with van der Waals surface area (Å²) in [5.74, 6) is 0. The minimum atomic E-state index is -1.19. The molecule has 0 radical (unpaired) electrons. The van der Waals surface area contributed by atoms with Crippen molar-refractivity contribution in [3.63, 3.8) is 0 Å². The first kappa shape index (κ1) is 8.92. The van der Waals surface area contributed by atoms with Crippen molar-refractivity contribution in [1.29, 1.82) is 0 Å². The van der Waals surface area contributed by atoms with Crippen LogP contribution in [-0.4, -0.2) is 20.4 Å². The topological polar surface area (TPSA) is 20.2 Å². The summed E-state index contributed by atoms with van der Waals surface area (Å²) in [6.45, 7) is 1.68. The van der Waals surface area contributed by atoms with Crippen molar-refractivity contribution in [2.45, 2.75) is 35.1 Å². The van der Waals surface area contributed by atoms with E-state index in [0.717, 1.165) is 0 Å². The fourth-order valence-electron chi connectivity index (χ4n) is 0.822. The maximum Gasteiger partial charge on any atom is 0.162 e. The SMILES string of the molecule is CC(Cl)C(Cl)(Cl)C1(O)CC1. The smallest absolute Gasteiger partial charge is 0.162 e. The standard InChI is InChI=1S/C6H9Cl3O/c1-4(7)6(8,9)5(10)2-3-5/h4,10H,2-3H2,1H3. The predicted molar refractivity (Wildman–Crippen MR) is 43.9 cm³/mol. The number of rotatable bonds is 2. The third kappa shape index (κ3) is 1.25. The fraction of sp³-hybridized carbons (Fsp3) is 1.00. The summed E-state index contributed by atoms with van der Waals surface area (Å²) in [7, 11) is 0. The van der Waals surface area contributed by atoms with E-state index in [9.17, 15) is 5.11 Å². The second-order valence-electron chi connectivity index (χ2n) is 2.77. The molecular weight excluding hydrogens is 194 g/mol. The second-order valence-corrected chi connectivity index (χ2v) is 4.81. The van der Waals surface area contributed by atoms with Crippen LogP contribution in [0.25, 0.3) is 0 Å². The van der Waals surface area contributed by atoms with Gasteiger partial charge in [-0.1, -0.05) is 23.2 Å². The molecule has 0 amide bonds. The van der Waals surface area contributed by atoms with Crippen LogP contribution < -0.4 is 0 Å². The average Bonchev–Trinajstić information content (AvgIpc) is 2.48. The summed E-state index contributed by atoms with van der Waals surface area (Å²) in [4.78, 5) is 0. The number of halogens is 3. The van der Waals surface area contributed by atoms with Gasteiger partial charge in [-0.2, -0.15) is 0 Å². The summed E-state index contributed by atoms with van der Waals surface area (Å²) >= 11 is 17.3. The normalized spacial score (nSPS) is 26.1. The maximum atomic E-state index is 9.48. The average molecular weight is 203 g/mol. The molecule has 60 valence electrons. The van der Waals surface area contributed by atoms with Gasteiger partial charge in [0.05, 0.1) is 11.0 Å². The molecule has 0 aliphatic heterocycles. The van der Waals surface area contributed by atoms with Gasteiger partial charge in [-0.3, -0.25) is 0 Å². The van der Waals surface area contributed by atoms with E-state index in [4.69, 9.17) is 34.8 Å². The van der Waals surface area contributed by atoms with E-state index >= 15 is 0 Å². The van der Waals surface area contributed by atoms with Crippen molar-refractivity contribution < 1.29 is 5.11 Å². The van der Waals surface area contributed by atoms with Gasteiger partial charge in [-0.15, -0.1) is 11.6 Å². The van der Waals surface area contributed by atoms with E-state index in [1.54, 1.807) is 6.92 Å². The molecule has 0 heterocycles. The Balaban J connectivity index is 2.67. The highest BCUT2D eigenvalue weighted by molar-refractivity contribution is 6.53. The summed E-state index contributed by atoms with van der Waals surface area (Å²) in [5.41, 5.74) is -0.933. The lowest BCUT2D eigenvalue weighted by atomic mass is 10.1. The van der Waals surface area contributed by atoms with E-state index in [1.807, 2.05) is 0 Å². The zero-order chi connectivity index (χ0) is 7.99. The molecule has 1 rings (SSSR count). The molecule has 1 aliphatic carbocycles. The van der Waals surface area contributed by atoms with Crippen LogP contribution in [0.2, 0.25) is 0 Å². The van der Waals surface area contributed by atoms with Crippen molar-refractivity contribution in [1.82, 2.24) is 0 Å². The van der Waals surface area contributed by atoms with Gasteiger partial charge in [0.15, 0.2) is 4.33 Å². The molecule has 0 aromatic heterocycles. The van der Waals surface area contributed by atoms with Gasteiger partial charge in [-0.25, -0.2) is 0 Å². The summed E-state index contributed by atoms with van der Waals surface area (Å²) in [6, 6.07) is 0. The molecule has 0 aromatic rings. The quantitative estimate of drug-likeness (QED) is 0.683. The van der Waals surface area contributed by atoms with E-state index in [-0.39, 0.29) is 0 Å². The monoisotopic (exact) mass is 202 g/mol. The molecule has 1 nitrogen and oxygen atoms in total. The lowest BCUT2D eigenvalue weighted by Gasteiger charge is -2.27. The molecule has 1 saturated carbocycles. The maximum absolute atomic E-state index is 9.48. The van der Waals surface area contributed by atoms with Crippen molar-refractivity contribution in [3.05, 3.63) is 0 Å². The van der Waals surface area contributed by atoms with Crippen LogP contribution in [0, 0.1) is 0 Å². The highest BCUT2D eigenvalue weighted by atomic mass is 35.5. The van der Waals surface area contributed by atoms with Crippen molar-refractivity contribution in [2.75, 3.05) is 0 Å². The molecule has 0 spiro atoms. The van der Waals surface area contributed by atoms with Crippen molar-refractivity contribution in [2.24, 2.45) is 0 Å². The molecule has 1 aliphatic rings. The van der Waals surface area contributed by atoms with Crippen LogP contribution in [0.5, 0.6) is 0 Å². The fourth-order valence-corrected chi connectivity index (χ4v) is 1.40. The van der Waals surface area contributed by atoms with E-state index in [1.165, 1.54) is 0 Å². The Hall–Kier alpha value is 0.830. The second kappa shape index (κ2) is 2.41. The minimum absolute atomic E-state index is 0.427. The highest BCUT2D eigenvalue weighted by Crippen LogP contribution is 2.53. The Bertz CT molecular complexity index is 140. The van der Waals surface area contributed by atoms with Crippen molar-refractivity contribution >= 4 is 34.8 Å². The third-order valence-corrected chi connectivity index (χ3v) is 3.75. The zero-order valence-electron chi connectivity index (χ0n) is 5.57. The predicted octanol–water partition coefficient (Wildman–Crippen LogP) is 2.31. The lowest BCUT2D eigenvalue weighted by molar-refractivity contribution is 0.130. The number of alkyl halides is 3. The van der Waals surface area contributed by atoms with Crippen molar-refractivity contribution in [3.8, 4) is 0 Å². The molecular formula is C6H9Cl3O. The first-order valence-corrected chi connectivity index (χ1v) is 4.34. The van der Waals surface area contributed by atoms with E-state index in [0.29, 0.717) is 12.8 Å². The Morgan fingerprint density at radius 2 is 1.90 bits per heavy atom. The summed E-state index contributed by atoms with van der Waals surface area (Å²) < 4.78 is -1.19. The van der Waals surface area contributed by atoms with Gasteiger partial charge in [0.2, 0.25) is 0 Å². The first-order chi connectivity index (χ1) is 4.40. The number of hydrogen-bond acceptors (Lipinski definition) is 1. The van der Waals surface area contributed by atoms with Crippen LogP contribution in [-0.2, 0) is 0 Å². The van der Waals surface area contributed by atoms with Gasteiger partial charge in [0.25, 0.3) is 0 Å². The number of hydrogen-bond donors (Lipinski definition) is 1. The van der Waals surface area contributed by atoms with E-state index < -0.39 is 15.3 Å². The van der Waals surface area contributed by atoms with Gasteiger partial charge >= 0.3 is 0 Å². The molecule has 0 bridgehead atoms. The molecule has 1 unspecified atom stereocenters. The van der Waals surface area contributed by atoms with Gasteiger partial charge < -0.3 is 5.11 Å². The summed E-state index contributed by atoms with van der Waals surface area (Å²) in [6.07, 6.45) is 1.30. The van der Waals surface area contributed by atoms with E-state index in [2.05, 4.69) is 0 Å². The van der Waals surface area contributed by atoms with Gasteiger partial charge in [0.1, 0.15) is 0 Å². The third-order valence-electron chi connectivity index (χ3n) is 1.84. The van der Waals surface area contributed by atoms with Gasteiger partial charge in [0, 0.05) is 0 Å². The molecule has 1 fully saturated rings. The highest BCUT2D eigenvalue weighted by Gasteiger charge is 2.59. The number of aliphatic hydroxyl groups is 1. The largest absolute Gasteiger partial charge is 0.387 e. The lowest BCUT2D eigenvalue weighted by Crippen LogP contribution is -2.40. The first-order valence-electron chi connectivity index (χ1n) is 3.14. The minimum Gasteiger partial charge on any atom is -0.387 e. The molecule has 1 N–H and O–H groups in total. The molecule has 0 aromatic carbocycles. The van der Waals surface area contributed by atoms with Crippen LogP contribution in [0.4, 0.5) is 0 Å². The van der Waals surface area contributed by atoms with Gasteiger partial charge in [-0.05, 0) is 19.8 Å². The zero-order valence-corrected chi connectivity index (χ0v) is 7.84. The Morgan fingerprint density at radius 3 is 2.00 bits per heavy atom. The summed E-state index contributed by atoms with van der Waals surface area (Å²) in [5, 5.41) is 9.05. The molecule has 1 atom stereocenters. The van der Waals surface area contributed by atoms with Crippen LogP contribution in [0.3, 0.4) is 0 Å². The molecule has 10 heavy (non-hydrogen) atoms. The van der Waals surface area contributed by atoms with Crippen LogP contribution >= 0.6 is 34.8 Å².